The number of nitrogens with two attached hydrogens (primary N) is 1. The molecule has 3 rings (SSSR count). The molecule has 0 radical (unpaired) electrons. The maximum Gasteiger partial charge on any atom is 0.260 e. The van der Waals surface area contributed by atoms with Crippen LogP contribution in [0, 0.1) is 0 Å². The first kappa shape index (κ1) is 12.2. The second-order valence-corrected chi connectivity index (χ2v) is 4.55. The maximum atomic E-state index is 12.6. The van der Waals surface area contributed by atoms with E-state index in [0.717, 1.165) is 10.9 Å². The predicted molar refractivity (Wildman–Crippen MR) is 79.7 cm³/mol. The molecular formula is C15H14N4O. The molecule has 0 saturated carbocycles. The van der Waals surface area contributed by atoms with Crippen molar-refractivity contribution in [3.63, 3.8) is 0 Å². The molecule has 0 aliphatic heterocycles. The van der Waals surface area contributed by atoms with Crippen LogP contribution in [0.4, 0.5) is 11.5 Å². The molecule has 0 spiro atoms. The first-order valence-electron chi connectivity index (χ1n) is 6.22. The van der Waals surface area contributed by atoms with E-state index >= 15 is 0 Å². The van der Waals surface area contributed by atoms with Crippen LogP contribution < -0.4 is 10.6 Å². The van der Waals surface area contributed by atoms with E-state index in [1.165, 1.54) is 0 Å². The molecule has 100 valence electrons. The van der Waals surface area contributed by atoms with E-state index in [2.05, 4.69) is 9.97 Å². The van der Waals surface area contributed by atoms with E-state index in [-0.39, 0.29) is 5.91 Å². The highest BCUT2D eigenvalue weighted by molar-refractivity contribution is 6.13. The first-order valence-corrected chi connectivity index (χ1v) is 6.22. The number of rotatable bonds is 2. The van der Waals surface area contributed by atoms with Crippen molar-refractivity contribution in [3.8, 4) is 0 Å². The summed E-state index contributed by atoms with van der Waals surface area (Å²) >= 11 is 0. The molecule has 2 heterocycles. The van der Waals surface area contributed by atoms with Gasteiger partial charge < -0.3 is 15.6 Å². The number of H-pyrrole nitrogens is 1. The van der Waals surface area contributed by atoms with E-state index in [9.17, 15) is 4.79 Å². The minimum absolute atomic E-state index is 0.0889. The third-order valence-electron chi connectivity index (χ3n) is 3.28. The fourth-order valence-corrected chi connectivity index (χ4v) is 2.14. The minimum Gasteiger partial charge on any atom is -0.384 e. The van der Waals surface area contributed by atoms with Crippen molar-refractivity contribution in [1.29, 1.82) is 0 Å². The summed E-state index contributed by atoms with van der Waals surface area (Å²) < 4.78 is 0. The molecule has 20 heavy (non-hydrogen) atoms. The number of fused-ring (bicyclic) bond motifs is 1. The number of carbonyl (C=O) groups is 1. The Labute approximate surface area is 116 Å². The summed E-state index contributed by atoms with van der Waals surface area (Å²) in [5.74, 6) is 0.343. The van der Waals surface area contributed by atoms with E-state index < -0.39 is 0 Å². The highest BCUT2D eigenvalue weighted by atomic mass is 16.2. The van der Waals surface area contributed by atoms with Crippen molar-refractivity contribution < 1.29 is 4.79 Å². The normalized spacial score (nSPS) is 10.7. The predicted octanol–water partition coefficient (Wildman–Crippen LogP) is 2.42. The van der Waals surface area contributed by atoms with Gasteiger partial charge in [-0.1, -0.05) is 18.2 Å². The Morgan fingerprint density at radius 2 is 2.05 bits per heavy atom. The maximum absolute atomic E-state index is 12.6. The second kappa shape index (κ2) is 4.70. The molecule has 0 unspecified atom stereocenters. The van der Waals surface area contributed by atoms with Crippen LogP contribution >= 0.6 is 0 Å². The Bertz CT molecular complexity index is 761. The molecule has 1 amide bonds. The molecule has 5 heteroatoms. The smallest absolute Gasteiger partial charge is 0.260 e. The molecule has 0 saturated heterocycles. The van der Waals surface area contributed by atoms with Gasteiger partial charge in [0.05, 0.1) is 17.4 Å². The standard InChI is InChI=1S/C15H14N4O/c1-19(10-6-7-14(16)18-8-10)15(20)12-9-17-13-5-3-2-4-11(12)13/h2-9,17H,1H3,(H2,16,18). The Kier molecular flexibility index (Phi) is 2.87. The van der Waals surface area contributed by atoms with Crippen molar-refractivity contribution in [2.45, 2.75) is 0 Å². The molecular weight excluding hydrogens is 252 g/mol. The SMILES string of the molecule is CN(C(=O)c1c[nH]c2ccccc12)c1ccc(N)nc1. The molecule has 0 fully saturated rings. The number of hydrogen-bond donors (Lipinski definition) is 2. The zero-order valence-electron chi connectivity index (χ0n) is 11.0. The van der Waals surface area contributed by atoms with Gasteiger partial charge in [0, 0.05) is 24.1 Å². The zero-order chi connectivity index (χ0) is 14.1. The average Bonchev–Trinajstić information content (AvgIpc) is 2.90. The van der Waals surface area contributed by atoms with Crippen LogP contribution in [0.25, 0.3) is 10.9 Å². The number of amides is 1. The number of nitrogens with one attached hydrogen (secondary N) is 1. The largest absolute Gasteiger partial charge is 0.384 e. The Morgan fingerprint density at radius 1 is 1.25 bits per heavy atom. The van der Waals surface area contributed by atoms with Gasteiger partial charge in [0.2, 0.25) is 0 Å². The molecule has 3 aromatic rings. The summed E-state index contributed by atoms with van der Waals surface area (Å²) in [4.78, 5) is 21.2. The zero-order valence-corrected chi connectivity index (χ0v) is 11.0. The molecule has 0 bridgehead atoms. The van der Waals surface area contributed by atoms with Crippen LogP contribution in [-0.2, 0) is 0 Å². The van der Waals surface area contributed by atoms with Gasteiger partial charge in [-0.05, 0) is 18.2 Å². The monoisotopic (exact) mass is 266 g/mol. The lowest BCUT2D eigenvalue weighted by atomic mass is 10.1. The first-order chi connectivity index (χ1) is 9.66. The molecule has 3 N–H and O–H groups in total. The van der Waals surface area contributed by atoms with E-state index in [4.69, 9.17) is 5.73 Å². The summed E-state index contributed by atoms with van der Waals surface area (Å²) in [6.07, 6.45) is 3.32. The Hall–Kier alpha value is -2.82. The molecule has 0 aliphatic carbocycles. The summed E-state index contributed by atoms with van der Waals surface area (Å²) in [6, 6.07) is 11.2. The number of nitrogens with zero attached hydrogens (tertiary/aromatic N) is 2. The number of benzene rings is 1. The van der Waals surface area contributed by atoms with Gasteiger partial charge in [-0.25, -0.2) is 4.98 Å². The summed E-state index contributed by atoms with van der Waals surface area (Å²) in [5, 5.41) is 0.910. The van der Waals surface area contributed by atoms with Crippen LogP contribution in [0.2, 0.25) is 0 Å². The van der Waals surface area contributed by atoms with Crippen LogP contribution in [0.1, 0.15) is 10.4 Å². The number of anilines is 2. The van der Waals surface area contributed by atoms with Crippen molar-refractivity contribution >= 4 is 28.3 Å². The van der Waals surface area contributed by atoms with Crippen LogP contribution in [0.3, 0.4) is 0 Å². The lowest BCUT2D eigenvalue weighted by molar-refractivity contribution is 0.0994. The highest BCUT2D eigenvalue weighted by Crippen LogP contribution is 2.21. The number of nitrogen functional groups attached to an aromatic ring is 1. The molecule has 0 aliphatic rings. The fraction of sp³-hybridized carbons (Fsp3) is 0.0667. The summed E-state index contributed by atoms with van der Waals surface area (Å²) in [5.41, 5.74) is 7.84. The number of aromatic amines is 1. The van der Waals surface area contributed by atoms with Crippen molar-refractivity contribution in [1.82, 2.24) is 9.97 Å². The van der Waals surface area contributed by atoms with Crippen molar-refractivity contribution in [3.05, 3.63) is 54.4 Å². The topological polar surface area (TPSA) is 75.0 Å². The van der Waals surface area contributed by atoms with Gasteiger partial charge >= 0.3 is 0 Å². The number of hydrogen-bond acceptors (Lipinski definition) is 3. The second-order valence-electron chi connectivity index (χ2n) is 4.55. The Morgan fingerprint density at radius 3 is 2.80 bits per heavy atom. The van der Waals surface area contributed by atoms with Gasteiger partial charge in [0.15, 0.2) is 0 Å². The van der Waals surface area contributed by atoms with Crippen molar-refractivity contribution in [2.75, 3.05) is 17.7 Å². The number of aromatic nitrogens is 2. The molecule has 5 nitrogen and oxygen atoms in total. The van der Waals surface area contributed by atoms with Gasteiger partial charge in [-0.3, -0.25) is 4.79 Å². The number of pyridine rings is 1. The van der Waals surface area contributed by atoms with E-state index in [1.807, 2.05) is 24.3 Å². The van der Waals surface area contributed by atoms with Gasteiger partial charge in [-0.2, -0.15) is 0 Å². The van der Waals surface area contributed by atoms with Crippen molar-refractivity contribution in [2.24, 2.45) is 0 Å². The quantitative estimate of drug-likeness (QED) is 0.748. The lowest BCUT2D eigenvalue weighted by Crippen LogP contribution is -2.26. The van der Waals surface area contributed by atoms with E-state index in [1.54, 1.807) is 36.5 Å². The molecule has 1 aromatic carbocycles. The number of para-hydroxylation sites is 1. The summed E-state index contributed by atoms with van der Waals surface area (Å²) in [7, 11) is 1.72. The third-order valence-corrected chi connectivity index (χ3v) is 3.28. The summed E-state index contributed by atoms with van der Waals surface area (Å²) in [6.45, 7) is 0. The highest BCUT2D eigenvalue weighted by Gasteiger charge is 2.17. The fourth-order valence-electron chi connectivity index (χ4n) is 2.14. The van der Waals surface area contributed by atoms with Gasteiger partial charge in [0.25, 0.3) is 5.91 Å². The molecule has 0 atom stereocenters. The third kappa shape index (κ3) is 1.99. The Balaban J connectivity index is 1.97. The van der Waals surface area contributed by atoms with E-state index in [0.29, 0.717) is 17.1 Å². The van der Waals surface area contributed by atoms with Crippen LogP contribution in [-0.4, -0.2) is 22.9 Å². The number of carbonyl (C=O) groups excluding carboxylic acids is 1. The minimum atomic E-state index is -0.0889. The van der Waals surface area contributed by atoms with Gasteiger partial charge in [0.1, 0.15) is 5.82 Å². The van der Waals surface area contributed by atoms with Crippen LogP contribution in [0.5, 0.6) is 0 Å². The average molecular weight is 266 g/mol. The molecule has 2 aromatic heterocycles. The van der Waals surface area contributed by atoms with Gasteiger partial charge in [-0.15, -0.1) is 0 Å². The van der Waals surface area contributed by atoms with Crippen LogP contribution in [0.15, 0.2) is 48.8 Å². The lowest BCUT2D eigenvalue weighted by Gasteiger charge is -2.16.